The highest BCUT2D eigenvalue weighted by Gasteiger charge is 2.32. The quantitative estimate of drug-likeness (QED) is 0.633. The number of rotatable bonds is 5. The second kappa shape index (κ2) is 9.44. The van der Waals surface area contributed by atoms with Crippen molar-refractivity contribution in [3.63, 3.8) is 0 Å². The summed E-state index contributed by atoms with van der Waals surface area (Å²) in [6, 6.07) is 19.3. The third-order valence-corrected chi connectivity index (χ3v) is 5.33. The number of amides is 3. The lowest BCUT2D eigenvalue weighted by Crippen LogP contribution is -2.52. The van der Waals surface area contributed by atoms with E-state index in [0.29, 0.717) is 17.0 Å². The molecule has 1 aliphatic rings. The maximum absolute atomic E-state index is 13.2. The van der Waals surface area contributed by atoms with Gasteiger partial charge in [0.25, 0.3) is 11.8 Å². The van der Waals surface area contributed by atoms with E-state index in [1.54, 1.807) is 32.3 Å². The second-order valence-corrected chi connectivity index (χ2v) is 7.61. The number of pyridine rings is 1. The number of aliphatic imine (C=N–C) groups is 1. The number of hydrogen-bond donors (Lipinski definition) is 2. The van der Waals surface area contributed by atoms with E-state index >= 15 is 0 Å². The molecule has 0 fully saturated rings. The molecule has 2 aromatic carbocycles. The van der Waals surface area contributed by atoms with Crippen LogP contribution in [0.5, 0.6) is 0 Å². The van der Waals surface area contributed by atoms with Gasteiger partial charge in [0.05, 0.1) is 17.0 Å². The molecule has 0 saturated heterocycles. The van der Waals surface area contributed by atoms with Gasteiger partial charge in [0.2, 0.25) is 12.1 Å². The van der Waals surface area contributed by atoms with Gasteiger partial charge in [-0.2, -0.15) is 0 Å². The lowest BCUT2D eigenvalue weighted by atomic mass is 10.0. The van der Waals surface area contributed by atoms with Gasteiger partial charge < -0.3 is 15.5 Å². The zero-order valence-electron chi connectivity index (χ0n) is 18.2. The fourth-order valence-electron chi connectivity index (χ4n) is 3.54. The normalized spacial score (nSPS) is 16.2. The second-order valence-electron chi connectivity index (χ2n) is 7.61. The summed E-state index contributed by atoms with van der Waals surface area (Å²) >= 11 is 0. The maximum atomic E-state index is 13.2. The molecule has 0 saturated carbocycles. The van der Waals surface area contributed by atoms with Gasteiger partial charge in [0.1, 0.15) is 6.04 Å². The lowest BCUT2D eigenvalue weighted by molar-refractivity contribution is -0.128. The topological polar surface area (TPSA) is 104 Å². The zero-order chi connectivity index (χ0) is 23.4. The number of benzodiazepines with no additional fused rings is 1. The molecule has 0 bridgehead atoms. The number of hydrogen-bond acceptors (Lipinski definition) is 5. The minimum absolute atomic E-state index is 0.335. The Balaban J connectivity index is 1.61. The monoisotopic (exact) mass is 441 g/mol. The lowest BCUT2D eigenvalue weighted by Gasteiger charge is -2.22. The van der Waals surface area contributed by atoms with Crippen molar-refractivity contribution >= 4 is 29.1 Å². The van der Waals surface area contributed by atoms with Crippen LogP contribution < -0.4 is 15.5 Å². The number of anilines is 1. The molecule has 3 aromatic rings. The molecule has 4 rings (SSSR count). The van der Waals surface area contributed by atoms with E-state index in [1.807, 2.05) is 54.6 Å². The molecule has 8 heteroatoms. The van der Waals surface area contributed by atoms with Crippen LogP contribution in [0.25, 0.3) is 0 Å². The molecule has 8 nitrogen and oxygen atoms in total. The largest absolute Gasteiger partial charge is 0.340 e. The molecule has 1 unspecified atom stereocenters. The van der Waals surface area contributed by atoms with E-state index in [9.17, 15) is 14.4 Å². The molecular weight excluding hydrogens is 418 g/mol. The van der Waals surface area contributed by atoms with E-state index in [2.05, 4.69) is 20.6 Å². The first-order chi connectivity index (χ1) is 16.0. The first-order valence-electron chi connectivity index (χ1n) is 10.5. The molecule has 2 N–H and O–H groups in total. The van der Waals surface area contributed by atoms with Crippen LogP contribution in [-0.2, 0) is 9.59 Å². The van der Waals surface area contributed by atoms with Gasteiger partial charge in [-0.1, -0.05) is 48.5 Å². The predicted molar refractivity (Wildman–Crippen MR) is 125 cm³/mol. The number of carbonyl (C=O) groups is 3. The minimum atomic E-state index is -1.15. The van der Waals surface area contributed by atoms with Crippen LogP contribution in [0, 0.1) is 0 Å². The molecule has 166 valence electrons. The molecule has 33 heavy (non-hydrogen) atoms. The van der Waals surface area contributed by atoms with Crippen molar-refractivity contribution in [1.29, 1.82) is 0 Å². The van der Waals surface area contributed by atoms with E-state index in [1.165, 1.54) is 11.1 Å². The van der Waals surface area contributed by atoms with Crippen LogP contribution >= 0.6 is 0 Å². The van der Waals surface area contributed by atoms with Crippen LogP contribution in [0.4, 0.5) is 5.69 Å². The van der Waals surface area contributed by atoms with Crippen molar-refractivity contribution in [3.8, 4) is 0 Å². The molecular formula is C25H23N5O3. The molecule has 0 spiro atoms. The van der Waals surface area contributed by atoms with E-state index in [4.69, 9.17) is 0 Å². The third-order valence-electron chi connectivity index (χ3n) is 5.33. The number of nitrogens with zero attached hydrogens (tertiary/aromatic N) is 3. The number of aromatic nitrogens is 1. The van der Waals surface area contributed by atoms with Crippen LogP contribution in [-0.4, -0.2) is 47.7 Å². The predicted octanol–water partition coefficient (Wildman–Crippen LogP) is 2.16. The number of nitrogens with one attached hydrogen (secondary N) is 2. The molecule has 3 amide bonds. The average Bonchev–Trinajstić information content (AvgIpc) is 2.95. The molecule has 1 aliphatic heterocycles. The van der Waals surface area contributed by atoms with Crippen molar-refractivity contribution in [2.75, 3.05) is 11.9 Å². The number of likely N-dealkylation sites (N-methyl/N-ethyl adjacent to an activating group) is 1. The summed E-state index contributed by atoms with van der Waals surface area (Å²) in [5, 5.41) is 5.31. The Morgan fingerprint density at radius 1 is 1.00 bits per heavy atom. The molecule has 0 radical (unpaired) electrons. The van der Waals surface area contributed by atoms with Gasteiger partial charge in [0.15, 0.2) is 0 Å². The standard InChI is InChI=1S/C25H23N5O3/c1-16(27-24(32)18-11-8-14-26-15-18)23(31)29-22-25(33)30(2)20-13-7-6-12-19(20)21(28-22)17-9-4-3-5-10-17/h3-16,22H,1-2H3,(H,27,32)(H,29,31)/t16-,22?/m0/s1. The van der Waals surface area contributed by atoms with Crippen molar-refractivity contribution < 1.29 is 14.4 Å². The van der Waals surface area contributed by atoms with Crippen molar-refractivity contribution in [2.45, 2.75) is 19.1 Å². The average molecular weight is 441 g/mol. The zero-order valence-corrected chi connectivity index (χ0v) is 18.2. The highest BCUT2D eigenvalue weighted by Crippen LogP contribution is 2.27. The summed E-state index contributed by atoms with van der Waals surface area (Å²) in [4.78, 5) is 48.5. The Kier molecular flexibility index (Phi) is 6.26. The van der Waals surface area contributed by atoms with Crippen LogP contribution in [0.3, 0.4) is 0 Å². The van der Waals surface area contributed by atoms with Gasteiger partial charge in [-0.15, -0.1) is 0 Å². The molecule has 2 heterocycles. The molecule has 0 aliphatic carbocycles. The Morgan fingerprint density at radius 3 is 2.45 bits per heavy atom. The summed E-state index contributed by atoms with van der Waals surface area (Å²) < 4.78 is 0. The van der Waals surface area contributed by atoms with Crippen LogP contribution in [0.2, 0.25) is 0 Å². The van der Waals surface area contributed by atoms with Crippen molar-refractivity contribution in [1.82, 2.24) is 15.6 Å². The Labute approximate surface area is 191 Å². The Hall–Kier alpha value is -4.33. The minimum Gasteiger partial charge on any atom is -0.340 e. The van der Waals surface area contributed by atoms with E-state index in [-0.39, 0.29) is 5.91 Å². The third kappa shape index (κ3) is 4.64. The van der Waals surface area contributed by atoms with Gasteiger partial charge in [-0.3, -0.25) is 19.4 Å². The fourth-order valence-corrected chi connectivity index (χ4v) is 3.54. The summed E-state index contributed by atoms with van der Waals surface area (Å²) in [5.41, 5.74) is 3.24. The summed E-state index contributed by atoms with van der Waals surface area (Å²) in [7, 11) is 1.65. The first-order valence-corrected chi connectivity index (χ1v) is 10.5. The van der Waals surface area contributed by atoms with Gasteiger partial charge >= 0.3 is 0 Å². The number of benzene rings is 2. The first kappa shape index (κ1) is 21.9. The SMILES string of the molecule is C[C@H](NC(=O)c1cccnc1)C(=O)NC1N=C(c2ccccc2)c2ccccc2N(C)C1=O. The van der Waals surface area contributed by atoms with Crippen LogP contribution in [0.1, 0.15) is 28.4 Å². The van der Waals surface area contributed by atoms with Gasteiger partial charge in [-0.25, -0.2) is 4.99 Å². The van der Waals surface area contributed by atoms with E-state index in [0.717, 1.165) is 11.1 Å². The molecule has 1 aromatic heterocycles. The highest BCUT2D eigenvalue weighted by atomic mass is 16.2. The highest BCUT2D eigenvalue weighted by molar-refractivity contribution is 6.20. The number of carbonyl (C=O) groups excluding carboxylic acids is 3. The number of para-hydroxylation sites is 1. The summed E-state index contributed by atoms with van der Waals surface area (Å²) in [6.07, 6.45) is 1.82. The fraction of sp³-hybridized carbons (Fsp3) is 0.160. The van der Waals surface area contributed by atoms with Crippen LogP contribution in [0.15, 0.2) is 84.1 Å². The maximum Gasteiger partial charge on any atom is 0.272 e. The van der Waals surface area contributed by atoms with Gasteiger partial charge in [-0.05, 0) is 25.1 Å². The van der Waals surface area contributed by atoms with Crippen molar-refractivity contribution in [2.24, 2.45) is 4.99 Å². The number of fused-ring (bicyclic) bond motifs is 1. The molecule has 2 atom stereocenters. The summed E-state index contributed by atoms with van der Waals surface area (Å²) in [5.74, 6) is -1.34. The Morgan fingerprint density at radius 2 is 1.73 bits per heavy atom. The smallest absolute Gasteiger partial charge is 0.272 e. The summed E-state index contributed by atoms with van der Waals surface area (Å²) in [6.45, 7) is 1.55. The van der Waals surface area contributed by atoms with E-state index < -0.39 is 24.0 Å². The van der Waals surface area contributed by atoms with Gasteiger partial charge in [0, 0.05) is 30.6 Å². The Bertz CT molecular complexity index is 1210. The van der Waals surface area contributed by atoms with Crippen molar-refractivity contribution in [3.05, 3.63) is 95.8 Å².